The maximum absolute atomic E-state index is 6.01. The second kappa shape index (κ2) is 4.94. The lowest BCUT2D eigenvalue weighted by atomic mass is 10.2. The van der Waals surface area contributed by atoms with E-state index in [9.17, 15) is 0 Å². The molecule has 1 aromatic heterocycles. The van der Waals surface area contributed by atoms with Gasteiger partial charge in [0.05, 0.1) is 0 Å². The molecule has 0 amide bonds. The van der Waals surface area contributed by atoms with E-state index >= 15 is 0 Å². The summed E-state index contributed by atoms with van der Waals surface area (Å²) < 4.78 is 5.34. The van der Waals surface area contributed by atoms with Crippen molar-refractivity contribution >= 4 is 34.9 Å². The first kappa shape index (κ1) is 12.2. The molecule has 17 heavy (non-hydrogen) atoms. The predicted molar refractivity (Wildman–Crippen MR) is 68.0 cm³/mol. The Balaban J connectivity index is 2.22. The van der Waals surface area contributed by atoms with Gasteiger partial charge in [-0.1, -0.05) is 22.8 Å². The standard InChI is InChI=1S/C11H11Cl2N3O/c1-6-8(13)4-3-5-9(6)14-11-16-15-10(17-11)7(2)12/h3-5,7H,1-2H3,(H,14,16). The first-order valence-electron chi connectivity index (χ1n) is 5.07. The van der Waals surface area contributed by atoms with Gasteiger partial charge in [0.2, 0.25) is 5.89 Å². The second-order valence-electron chi connectivity index (χ2n) is 3.60. The van der Waals surface area contributed by atoms with Gasteiger partial charge in [0.15, 0.2) is 0 Å². The van der Waals surface area contributed by atoms with Gasteiger partial charge in [-0.3, -0.25) is 0 Å². The molecule has 0 fully saturated rings. The lowest BCUT2D eigenvalue weighted by molar-refractivity contribution is 0.510. The van der Waals surface area contributed by atoms with Crippen LogP contribution in [0.15, 0.2) is 22.6 Å². The lowest BCUT2D eigenvalue weighted by Gasteiger charge is -2.06. The highest BCUT2D eigenvalue weighted by Gasteiger charge is 2.12. The van der Waals surface area contributed by atoms with E-state index in [0.29, 0.717) is 16.9 Å². The van der Waals surface area contributed by atoms with Crippen molar-refractivity contribution in [1.29, 1.82) is 0 Å². The molecule has 0 aliphatic rings. The Morgan fingerprint density at radius 3 is 2.76 bits per heavy atom. The minimum atomic E-state index is -0.307. The van der Waals surface area contributed by atoms with Crippen LogP contribution < -0.4 is 5.32 Å². The van der Waals surface area contributed by atoms with Crippen molar-refractivity contribution < 1.29 is 4.42 Å². The summed E-state index contributed by atoms with van der Waals surface area (Å²) in [6.07, 6.45) is 0. The van der Waals surface area contributed by atoms with Crippen LogP contribution in [0, 0.1) is 6.92 Å². The average Bonchev–Trinajstić information content (AvgIpc) is 2.73. The van der Waals surface area contributed by atoms with Gasteiger partial charge in [-0.25, -0.2) is 0 Å². The van der Waals surface area contributed by atoms with E-state index in [1.165, 1.54) is 0 Å². The summed E-state index contributed by atoms with van der Waals surface area (Å²) >= 11 is 11.8. The Morgan fingerprint density at radius 1 is 1.35 bits per heavy atom. The summed E-state index contributed by atoms with van der Waals surface area (Å²) in [6, 6.07) is 5.86. The number of aromatic nitrogens is 2. The molecule has 1 N–H and O–H groups in total. The molecule has 0 spiro atoms. The summed E-state index contributed by atoms with van der Waals surface area (Å²) in [4.78, 5) is 0. The van der Waals surface area contributed by atoms with Crippen LogP contribution >= 0.6 is 23.2 Å². The van der Waals surface area contributed by atoms with E-state index in [1.807, 2.05) is 25.1 Å². The fourth-order valence-electron chi connectivity index (χ4n) is 1.30. The zero-order valence-corrected chi connectivity index (χ0v) is 10.9. The molecule has 0 bridgehead atoms. The summed E-state index contributed by atoms with van der Waals surface area (Å²) in [6.45, 7) is 3.68. The minimum Gasteiger partial charge on any atom is -0.406 e. The van der Waals surface area contributed by atoms with Crippen LogP contribution in [-0.4, -0.2) is 10.2 Å². The highest BCUT2D eigenvalue weighted by Crippen LogP contribution is 2.26. The van der Waals surface area contributed by atoms with E-state index in [0.717, 1.165) is 11.3 Å². The van der Waals surface area contributed by atoms with Crippen LogP contribution in [0.1, 0.15) is 23.8 Å². The topological polar surface area (TPSA) is 51.0 Å². The highest BCUT2D eigenvalue weighted by molar-refractivity contribution is 6.31. The molecule has 0 saturated carbocycles. The van der Waals surface area contributed by atoms with Gasteiger partial charge >= 0.3 is 6.01 Å². The number of benzene rings is 1. The van der Waals surface area contributed by atoms with E-state index in [4.69, 9.17) is 27.6 Å². The van der Waals surface area contributed by atoms with E-state index < -0.39 is 0 Å². The maximum Gasteiger partial charge on any atom is 0.320 e. The van der Waals surface area contributed by atoms with Crippen molar-refractivity contribution in [2.45, 2.75) is 19.2 Å². The van der Waals surface area contributed by atoms with Gasteiger partial charge in [-0.05, 0) is 31.5 Å². The molecule has 0 saturated heterocycles. The van der Waals surface area contributed by atoms with Crippen molar-refractivity contribution in [1.82, 2.24) is 10.2 Å². The minimum absolute atomic E-state index is 0.304. The van der Waals surface area contributed by atoms with E-state index in [-0.39, 0.29) is 5.38 Å². The summed E-state index contributed by atoms with van der Waals surface area (Å²) in [5.74, 6) is 0.383. The SMILES string of the molecule is Cc1c(Cl)cccc1Nc1nnc(C(C)Cl)o1. The Bertz CT molecular complexity index is 525. The number of halogens is 2. The van der Waals surface area contributed by atoms with Crippen LogP contribution in [-0.2, 0) is 0 Å². The highest BCUT2D eigenvalue weighted by atomic mass is 35.5. The number of rotatable bonds is 3. The number of nitrogens with one attached hydrogen (secondary N) is 1. The third-order valence-electron chi connectivity index (χ3n) is 2.29. The summed E-state index contributed by atoms with van der Waals surface area (Å²) in [5.41, 5.74) is 1.75. The zero-order chi connectivity index (χ0) is 12.4. The first-order valence-corrected chi connectivity index (χ1v) is 5.89. The Labute approximate surface area is 109 Å². The quantitative estimate of drug-likeness (QED) is 0.855. The molecule has 2 rings (SSSR count). The van der Waals surface area contributed by atoms with E-state index in [1.54, 1.807) is 6.92 Å². The molecular weight excluding hydrogens is 261 g/mol. The van der Waals surface area contributed by atoms with Crippen LogP contribution in [0.3, 0.4) is 0 Å². The molecule has 4 nitrogen and oxygen atoms in total. The fourth-order valence-corrected chi connectivity index (χ4v) is 1.57. The third kappa shape index (κ3) is 2.70. The van der Waals surface area contributed by atoms with Gasteiger partial charge in [-0.15, -0.1) is 16.7 Å². The largest absolute Gasteiger partial charge is 0.406 e. The van der Waals surface area contributed by atoms with Crippen molar-refractivity contribution in [3.05, 3.63) is 34.7 Å². The molecule has 2 aromatic rings. The van der Waals surface area contributed by atoms with Crippen molar-refractivity contribution in [3.63, 3.8) is 0 Å². The van der Waals surface area contributed by atoms with Crippen LogP contribution in [0.5, 0.6) is 0 Å². The number of alkyl halides is 1. The number of anilines is 2. The molecule has 0 aliphatic heterocycles. The molecular formula is C11H11Cl2N3O. The maximum atomic E-state index is 6.01. The molecule has 1 unspecified atom stereocenters. The molecule has 1 heterocycles. The Kier molecular flexibility index (Phi) is 3.54. The normalized spacial score (nSPS) is 12.5. The van der Waals surface area contributed by atoms with Crippen LogP contribution in [0.4, 0.5) is 11.7 Å². The molecule has 0 radical (unpaired) electrons. The van der Waals surface area contributed by atoms with Gasteiger partial charge < -0.3 is 9.73 Å². The molecule has 90 valence electrons. The van der Waals surface area contributed by atoms with Crippen molar-refractivity contribution in [2.75, 3.05) is 5.32 Å². The fraction of sp³-hybridized carbons (Fsp3) is 0.273. The lowest BCUT2D eigenvalue weighted by Crippen LogP contribution is -1.93. The molecule has 1 atom stereocenters. The van der Waals surface area contributed by atoms with Crippen LogP contribution in [0.2, 0.25) is 5.02 Å². The third-order valence-corrected chi connectivity index (χ3v) is 2.89. The smallest absolute Gasteiger partial charge is 0.320 e. The van der Waals surface area contributed by atoms with Gasteiger partial charge in [0.25, 0.3) is 0 Å². The number of hydrogen-bond acceptors (Lipinski definition) is 4. The number of hydrogen-bond donors (Lipinski definition) is 1. The zero-order valence-electron chi connectivity index (χ0n) is 9.37. The number of nitrogens with zero attached hydrogens (tertiary/aromatic N) is 2. The molecule has 0 aliphatic carbocycles. The van der Waals surface area contributed by atoms with Gasteiger partial charge in [-0.2, -0.15) is 0 Å². The van der Waals surface area contributed by atoms with Crippen LogP contribution in [0.25, 0.3) is 0 Å². The monoisotopic (exact) mass is 271 g/mol. The first-order chi connectivity index (χ1) is 8.08. The second-order valence-corrected chi connectivity index (χ2v) is 4.66. The summed E-state index contributed by atoms with van der Waals surface area (Å²) in [7, 11) is 0. The van der Waals surface area contributed by atoms with Gasteiger partial charge in [0, 0.05) is 10.7 Å². The average molecular weight is 272 g/mol. The predicted octanol–water partition coefficient (Wildman–Crippen LogP) is 4.07. The molecule has 1 aromatic carbocycles. The Morgan fingerprint density at radius 2 is 2.12 bits per heavy atom. The van der Waals surface area contributed by atoms with E-state index in [2.05, 4.69) is 15.5 Å². The Hall–Kier alpha value is -1.26. The van der Waals surface area contributed by atoms with Crippen molar-refractivity contribution in [2.24, 2.45) is 0 Å². The van der Waals surface area contributed by atoms with Gasteiger partial charge in [0.1, 0.15) is 5.38 Å². The molecule has 6 heteroatoms. The van der Waals surface area contributed by atoms with Crippen molar-refractivity contribution in [3.8, 4) is 0 Å². The summed E-state index contributed by atoms with van der Waals surface area (Å²) in [5, 5.41) is 11.0.